The molecular weight excluding hydrogens is 266 g/mol. The topological polar surface area (TPSA) is 70.2 Å². The van der Waals surface area contributed by atoms with E-state index in [0.717, 1.165) is 30.0 Å². The fourth-order valence-electron chi connectivity index (χ4n) is 2.27. The van der Waals surface area contributed by atoms with Gasteiger partial charge in [0.25, 0.3) is 0 Å². The van der Waals surface area contributed by atoms with Crippen molar-refractivity contribution in [1.82, 2.24) is 5.32 Å². The zero-order valence-corrected chi connectivity index (χ0v) is 12.8. The van der Waals surface area contributed by atoms with Crippen LogP contribution in [-0.2, 0) is 9.59 Å². The Kier molecular flexibility index (Phi) is 4.96. The second-order valence-corrected chi connectivity index (χ2v) is 5.58. The van der Waals surface area contributed by atoms with Crippen molar-refractivity contribution in [2.45, 2.75) is 27.2 Å². The quantitative estimate of drug-likeness (QED) is 0.778. The van der Waals surface area contributed by atoms with Gasteiger partial charge in [0.15, 0.2) is 0 Å². The second kappa shape index (κ2) is 6.72. The summed E-state index contributed by atoms with van der Waals surface area (Å²) in [6, 6.07) is 5.54. The average Bonchev–Trinajstić information content (AvgIpc) is 2.41. The van der Waals surface area contributed by atoms with E-state index in [1.807, 2.05) is 39.0 Å². The van der Waals surface area contributed by atoms with Gasteiger partial charge in [-0.3, -0.25) is 9.59 Å². The summed E-state index contributed by atoms with van der Waals surface area (Å²) in [4.78, 5) is 23.8. The van der Waals surface area contributed by atoms with E-state index in [1.165, 1.54) is 0 Å². The van der Waals surface area contributed by atoms with Crippen molar-refractivity contribution < 1.29 is 9.59 Å². The summed E-state index contributed by atoms with van der Waals surface area (Å²) in [5.41, 5.74) is 2.39. The largest absolute Gasteiger partial charge is 0.326 e. The fraction of sp³-hybridized carbons (Fsp3) is 0.500. The van der Waals surface area contributed by atoms with Crippen LogP contribution in [0.4, 0.5) is 11.4 Å². The molecule has 0 bridgehead atoms. The van der Waals surface area contributed by atoms with Gasteiger partial charge in [0, 0.05) is 23.7 Å². The Balaban J connectivity index is 2.07. The second-order valence-electron chi connectivity index (χ2n) is 5.58. The van der Waals surface area contributed by atoms with Crippen LogP contribution in [-0.4, -0.2) is 24.9 Å². The molecular formula is C16H23N3O2. The van der Waals surface area contributed by atoms with E-state index in [-0.39, 0.29) is 17.7 Å². The third-order valence-electron chi connectivity index (χ3n) is 4.12. The number of anilines is 2. The van der Waals surface area contributed by atoms with Crippen molar-refractivity contribution in [3.8, 4) is 0 Å². The molecule has 5 nitrogen and oxygen atoms in total. The lowest BCUT2D eigenvalue weighted by Crippen LogP contribution is -2.48. The van der Waals surface area contributed by atoms with Crippen molar-refractivity contribution in [2.75, 3.05) is 23.7 Å². The maximum atomic E-state index is 12.3. The molecule has 0 radical (unpaired) electrons. The van der Waals surface area contributed by atoms with E-state index in [2.05, 4.69) is 16.0 Å². The zero-order chi connectivity index (χ0) is 15.4. The summed E-state index contributed by atoms with van der Waals surface area (Å²) in [5.74, 6) is 0.395. The molecule has 1 aliphatic heterocycles. The molecule has 1 aromatic rings. The van der Waals surface area contributed by atoms with Crippen molar-refractivity contribution in [2.24, 2.45) is 11.8 Å². The van der Waals surface area contributed by atoms with E-state index < -0.39 is 0 Å². The van der Waals surface area contributed by atoms with Crippen LogP contribution in [0.2, 0.25) is 0 Å². The molecule has 2 rings (SSSR count). The molecule has 21 heavy (non-hydrogen) atoms. The zero-order valence-electron chi connectivity index (χ0n) is 12.8. The van der Waals surface area contributed by atoms with Crippen LogP contribution >= 0.6 is 0 Å². The van der Waals surface area contributed by atoms with E-state index >= 15 is 0 Å². The third kappa shape index (κ3) is 3.61. The van der Waals surface area contributed by atoms with Crippen molar-refractivity contribution in [3.05, 3.63) is 23.8 Å². The van der Waals surface area contributed by atoms with Crippen molar-refractivity contribution in [1.29, 1.82) is 0 Å². The van der Waals surface area contributed by atoms with E-state index in [1.54, 1.807) is 0 Å². The van der Waals surface area contributed by atoms with Crippen molar-refractivity contribution in [3.63, 3.8) is 0 Å². The molecule has 0 aliphatic carbocycles. The number of carbonyl (C=O) groups excluding carboxylic acids is 2. The molecule has 1 fully saturated rings. The monoisotopic (exact) mass is 289 g/mol. The lowest BCUT2D eigenvalue weighted by molar-refractivity contribution is -0.121. The number of hydrogen-bond acceptors (Lipinski definition) is 3. The molecule has 1 atom stereocenters. The number of benzene rings is 1. The van der Waals surface area contributed by atoms with Gasteiger partial charge in [0.1, 0.15) is 0 Å². The summed E-state index contributed by atoms with van der Waals surface area (Å²) in [7, 11) is 0. The Hall–Kier alpha value is -1.88. The normalized spacial score (nSPS) is 16.0. The van der Waals surface area contributed by atoms with Gasteiger partial charge >= 0.3 is 0 Å². The van der Waals surface area contributed by atoms with E-state index in [4.69, 9.17) is 0 Å². The highest BCUT2D eigenvalue weighted by molar-refractivity contribution is 5.96. The molecule has 1 aliphatic rings. The number of carbonyl (C=O) groups is 2. The molecule has 5 heteroatoms. The minimum Gasteiger partial charge on any atom is -0.326 e. The first kappa shape index (κ1) is 15.5. The average molecular weight is 289 g/mol. The Morgan fingerprint density at radius 2 is 1.90 bits per heavy atom. The Morgan fingerprint density at radius 3 is 2.43 bits per heavy atom. The van der Waals surface area contributed by atoms with Crippen LogP contribution in [0.15, 0.2) is 18.2 Å². The molecule has 2 amide bonds. The van der Waals surface area contributed by atoms with Gasteiger partial charge in [-0.05, 0) is 43.6 Å². The highest BCUT2D eigenvalue weighted by Crippen LogP contribution is 2.25. The maximum absolute atomic E-state index is 12.3. The van der Waals surface area contributed by atoms with Gasteiger partial charge in [-0.2, -0.15) is 0 Å². The summed E-state index contributed by atoms with van der Waals surface area (Å²) >= 11 is 0. The molecule has 3 N–H and O–H groups in total. The van der Waals surface area contributed by atoms with Gasteiger partial charge in [-0.25, -0.2) is 0 Å². The van der Waals surface area contributed by atoms with E-state index in [0.29, 0.717) is 12.3 Å². The molecule has 114 valence electrons. The molecule has 1 heterocycles. The number of hydrogen-bond donors (Lipinski definition) is 3. The fourth-order valence-corrected chi connectivity index (χ4v) is 2.27. The van der Waals surface area contributed by atoms with Crippen LogP contribution in [0.25, 0.3) is 0 Å². The minimum atomic E-state index is -0.0320. The summed E-state index contributed by atoms with van der Waals surface area (Å²) in [5, 5.41) is 9.00. The first-order chi connectivity index (χ1) is 10.0. The van der Waals surface area contributed by atoms with Crippen LogP contribution in [0.5, 0.6) is 0 Å². The molecule has 0 spiro atoms. The third-order valence-corrected chi connectivity index (χ3v) is 4.12. The molecule has 1 aromatic carbocycles. The smallest absolute Gasteiger partial charge is 0.227 e. The van der Waals surface area contributed by atoms with Crippen LogP contribution < -0.4 is 16.0 Å². The highest BCUT2D eigenvalue weighted by atomic mass is 16.2. The highest BCUT2D eigenvalue weighted by Gasteiger charge is 2.28. The summed E-state index contributed by atoms with van der Waals surface area (Å²) in [6.45, 7) is 7.47. The van der Waals surface area contributed by atoms with Crippen molar-refractivity contribution >= 4 is 23.2 Å². The van der Waals surface area contributed by atoms with E-state index in [9.17, 15) is 9.59 Å². The Bertz CT molecular complexity index is 538. The molecule has 1 unspecified atom stereocenters. The van der Waals surface area contributed by atoms with Crippen LogP contribution in [0.1, 0.15) is 25.8 Å². The SMILES string of the molecule is CCC(=O)Nc1cccc(NC(=O)C(C)C2CNC2)c1C. The van der Waals surface area contributed by atoms with Gasteiger partial charge in [0.05, 0.1) is 0 Å². The van der Waals surface area contributed by atoms with Gasteiger partial charge < -0.3 is 16.0 Å². The van der Waals surface area contributed by atoms with Gasteiger partial charge in [-0.1, -0.05) is 19.9 Å². The summed E-state index contributed by atoms with van der Waals surface area (Å²) in [6.07, 6.45) is 0.432. The lowest BCUT2D eigenvalue weighted by Gasteiger charge is -2.31. The maximum Gasteiger partial charge on any atom is 0.227 e. The predicted molar refractivity (Wildman–Crippen MR) is 84.3 cm³/mol. The van der Waals surface area contributed by atoms with Gasteiger partial charge in [0.2, 0.25) is 11.8 Å². The standard InChI is InChI=1S/C16H23N3O2/c1-4-15(20)18-13-6-5-7-14(11(13)3)19-16(21)10(2)12-8-17-9-12/h5-7,10,12,17H,4,8-9H2,1-3H3,(H,18,20)(H,19,21). The molecule has 0 saturated carbocycles. The number of amides is 2. The molecule has 0 aromatic heterocycles. The Labute approximate surface area is 125 Å². The number of rotatable bonds is 5. The first-order valence-corrected chi connectivity index (χ1v) is 7.44. The summed E-state index contributed by atoms with van der Waals surface area (Å²) < 4.78 is 0. The first-order valence-electron chi connectivity index (χ1n) is 7.44. The van der Waals surface area contributed by atoms with Gasteiger partial charge in [-0.15, -0.1) is 0 Å². The minimum absolute atomic E-state index is 0.0143. The number of nitrogens with one attached hydrogen (secondary N) is 3. The lowest BCUT2D eigenvalue weighted by atomic mass is 9.88. The van der Waals surface area contributed by atoms with Crippen LogP contribution in [0, 0.1) is 18.8 Å². The van der Waals surface area contributed by atoms with Crippen LogP contribution in [0.3, 0.4) is 0 Å². The Morgan fingerprint density at radius 1 is 1.29 bits per heavy atom. The molecule has 1 saturated heterocycles. The predicted octanol–water partition coefficient (Wildman–Crippen LogP) is 2.14.